The second kappa shape index (κ2) is 13.0. The second-order valence-electron chi connectivity index (χ2n) is 13.8. The van der Waals surface area contributed by atoms with Gasteiger partial charge in [-0.2, -0.15) is 13.2 Å². The fourth-order valence-electron chi connectivity index (χ4n) is 7.76. The van der Waals surface area contributed by atoms with Gasteiger partial charge in [0, 0.05) is 60.9 Å². The number of fused-ring (bicyclic) bond motifs is 1. The molecule has 0 spiro atoms. The maximum Gasteiger partial charge on any atom is 0.394 e. The van der Waals surface area contributed by atoms with Crippen LogP contribution in [0, 0.1) is 10.8 Å². The first-order valence-corrected chi connectivity index (χ1v) is 17.3. The molecule has 254 valence electrons. The summed E-state index contributed by atoms with van der Waals surface area (Å²) in [7, 11) is 1.62. The van der Waals surface area contributed by atoms with Crippen LogP contribution >= 0.6 is 11.9 Å². The Balaban J connectivity index is 0.978. The summed E-state index contributed by atoms with van der Waals surface area (Å²) in [6, 6.07) is 11.5. The van der Waals surface area contributed by atoms with Gasteiger partial charge in [-0.05, 0) is 75.9 Å². The van der Waals surface area contributed by atoms with Crippen molar-refractivity contribution in [3.8, 4) is 5.88 Å². The van der Waals surface area contributed by atoms with Crippen molar-refractivity contribution in [2.45, 2.75) is 76.7 Å². The van der Waals surface area contributed by atoms with Crippen molar-refractivity contribution in [1.29, 1.82) is 0 Å². The van der Waals surface area contributed by atoms with Gasteiger partial charge >= 0.3 is 6.18 Å². The van der Waals surface area contributed by atoms with Crippen molar-refractivity contribution in [2.75, 3.05) is 46.7 Å². The molecule has 47 heavy (non-hydrogen) atoms. The highest BCUT2D eigenvalue weighted by Gasteiger charge is 2.78. The molecule has 2 aliphatic heterocycles. The Hall–Kier alpha value is -2.71. The number of carbonyl (C=O) groups is 1. The summed E-state index contributed by atoms with van der Waals surface area (Å²) in [6.45, 7) is 7.29. The maximum absolute atomic E-state index is 13.2. The van der Waals surface area contributed by atoms with Crippen molar-refractivity contribution >= 4 is 28.1 Å². The molecule has 1 atom stereocenters. The molecule has 0 radical (unpaired) electrons. The van der Waals surface area contributed by atoms with E-state index in [1.165, 1.54) is 11.9 Å². The highest BCUT2D eigenvalue weighted by Crippen LogP contribution is 2.78. The van der Waals surface area contributed by atoms with Crippen molar-refractivity contribution in [3.63, 3.8) is 0 Å². The van der Waals surface area contributed by atoms with E-state index >= 15 is 0 Å². The zero-order valence-electron chi connectivity index (χ0n) is 26.9. The summed E-state index contributed by atoms with van der Waals surface area (Å²) in [4.78, 5) is 25.3. The van der Waals surface area contributed by atoms with E-state index in [0.717, 1.165) is 61.5 Å². The molecule has 5 aliphatic rings. The summed E-state index contributed by atoms with van der Waals surface area (Å²) >= 11 is 1.17. The Bertz CT molecular complexity index is 1580. The first-order chi connectivity index (χ1) is 22.6. The number of likely N-dealkylation sites (tertiary alicyclic amines) is 1. The summed E-state index contributed by atoms with van der Waals surface area (Å²) in [5.74, 6) is 1.75. The number of aromatic nitrogens is 3. The van der Waals surface area contributed by atoms with Crippen LogP contribution in [-0.2, 0) is 22.6 Å². The maximum atomic E-state index is 13.2. The average molecular weight is 674 g/mol. The third-order valence-corrected chi connectivity index (χ3v) is 11.5. The van der Waals surface area contributed by atoms with E-state index in [1.54, 1.807) is 13.2 Å². The van der Waals surface area contributed by atoms with Crippen LogP contribution in [0.3, 0.4) is 0 Å². The molecule has 2 bridgehead atoms. The van der Waals surface area contributed by atoms with E-state index in [-0.39, 0.29) is 41.8 Å². The molecule has 2 aromatic heterocycles. The number of pyridine rings is 1. The van der Waals surface area contributed by atoms with Crippen LogP contribution in [0.2, 0.25) is 0 Å². The molecule has 0 N–H and O–H groups in total. The Kier molecular flexibility index (Phi) is 9.05. The molecule has 1 unspecified atom stereocenters. The highest BCUT2D eigenvalue weighted by atomic mass is 32.2. The molecule has 13 heteroatoms. The summed E-state index contributed by atoms with van der Waals surface area (Å²) in [5.41, 5.74) is 1.62. The molecule has 3 aromatic rings. The van der Waals surface area contributed by atoms with Gasteiger partial charge in [-0.1, -0.05) is 13.0 Å². The minimum atomic E-state index is -4.11. The number of hydrogen-bond donors (Lipinski definition) is 0. The van der Waals surface area contributed by atoms with Gasteiger partial charge in [-0.25, -0.2) is 14.3 Å². The largest absolute Gasteiger partial charge is 0.477 e. The van der Waals surface area contributed by atoms with Crippen LogP contribution in [0.5, 0.6) is 5.88 Å². The zero-order chi connectivity index (χ0) is 32.8. The molecule has 3 saturated carbocycles. The van der Waals surface area contributed by atoms with Crippen LogP contribution in [0.25, 0.3) is 11.0 Å². The molecular formula is C34H42F3N5O4S. The van der Waals surface area contributed by atoms with E-state index in [4.69, 9.17) is 24.2 Å². The van der Waals surface area contributed by atoms with Crippen LogP contribution < -0.4 is 4.74 Å². The summed E-state index contributed by atoms with van der Waals surface area (Å²) < 4.78 is 60.7. The minimum Gasteiger partial charge on any atom is -0.477 e. The number of halogens is 3. The normalized spacial score (nSPS) is 26.2. The molecule has 8 rings (SSSR count). The number of carbonyl (C=O) groups excluding carboxylic acids is 1. The minimum absolute atomic E-state index is 0.0283. The van der Waals surface area contributed by atoms with Gasteiger partial charge in [0.2, 0.25) is 11.0 Å². The van der Waals surface area contributed by atoms with Gasteiger partial charge in [0.15, 0.2) is 0 Å². The highest BCUT2D eigenvalue weighted by molar-refractivity contribution is 8.12. The standard InChI is InChI=1S/C34H42F3N5O4S/c1-3-41(22-44-2)47-31(43)24-7-8-27-28(15-24)42(16-25-11-14-45-25)29(38-27)17-40-12-9-23(10-13-40)26-5-4-6-30(39-26)46-21-32-18-33(19-32,20-32)34(35,36)37/h4-8,15,23,25H,3,9-14,16-22H2,1-2H3. The second-order valence-corrected chi connectivity index (χ2v) is 14.8. The van der Waals surface area contributed by atoms with Crippen molar-refractivity contribution in [1.82, 2.24) is 23.7 Å². The number of imidazole rings is 1. The van der Waals surface area contributed by atoms with Crippen LogP contribution in [0.1, 0.15) is 73.2 Å². The van der Waals surface area contributed by atoms with Gasteiger partial charge in [0.05, 0.1) is 42.2 Å². The van der Waals surface area contributed by atoms with E-state index in [9.17, 15) is 18.0 Å². The molecule has 3 aliphatic carbocycles. The molecular weight excluding hydrogens is 631 g/mol. The summed E-state index contributed by atoms with van der Waals surface area (Å²) in [5, 5.41) is -0.0283. The first-order valence-electron chi connectivity index (χ1n) is 16.6. The fourth-order valence-corrected chi connectivity index (χ4v) is 8.51. The number of benzene rings is 1. The smallest absolute Gasteiger partial charge is 0.394 e. The van der Waals surface area contributed by atoms with Crippen molar-refractivity contribution < 1.29 is 32.2 Å². The monoisotopic (exact) mass is 673 g/mol. The van der Waals surface area contributed by atoms with Gasteiger partial charge in [-0.15, -0.1) is 0 Å². The lowest BCUT2D eigenvalue weighted by molar-refractivity contribution is -0.367. The zero-order valence-corrected chi connectivity index (χ0v) is 27.7. The number of hydrogen-bond acceptors (Lipinski definition) is 9. The summed E-state index contributed by atoms with van der Waals surface area (Å²) in [6.07, 6.45) is -0.562. The Labute approximate surface area is 277 Å². The number of rotatable bonds is 13. The Morgan fingerprint density at radius 1 is 1.13 bits per heavy atom. The molecule has 9 nitrogen and oxygen atoms in total. The van der Waals surface area contributed by atoms with Crippen molar-refractivity contribution in [2.24, 2.45) is 10.8 Å². The lowest BCUT2D eigenvalue weighted by Crippen LogP contribution is -2.69. The third-order valence-electron chi connectivity index (χ3n) is 10.5. The number of nitrogens with zero attached hydrogens (tertiary/aromatic N) is 5. The molecule has 5 fully saturated rings. The average Bonchev–Trinajstić information content (AvgIpc) is 3.32. The van der Waals surface area contributed by atoms with Gasteiger partial charge in [0.25, 0.3) is 0 Å². The number of ether oxygens (including phenoxy) is 3. The first kappa shape index (κ1) is 32.8. The van der Waals surface area contributed by atoms with E-state index < -0.39 is 11.6 Å². The van der Waals surface area contributed by atoms with Crippen LogP contribution in [-0.4, -0.2) is 87.8 Å². The quantitative estimate of drug-likeness (QED) is 0.151. The number of alkyl halides is 3. The van der Waals surface area contributed by atoms with Crippen LogP contribution in [0.4, 0.5) is 13.2 Å². The van der Waals surface area contributed by atoms with E-state index in [1.807, 2.05) is 41.6 Å². The molecule has 1 aromatic carbocycles. The predicted molar refractivity (Wildman–Crippen MR) is 172 cm³/mol. The number of piperidine rings is 1. The number of methoxy groups -OCH3 is 1. The van der Waals surface area contributed by atoms with E-state index in [0.29, 0.717) is 44.4 Å². The van der Waals surface area contributed by atoms with Crippen molar-refractivity contribution in [3.05, 3.63) is 53.5 Å². The van der Waals surface area contributed by atoms with Gasteiger partial charge < -0.3 is 18.8 Å². The topological polar surface area (TPSA) is 82.0 Å². The lowest BCUT2D eigenvalue weighted by atomic mass is 9.35. The predicted octanol–water partition coefficient (Wildman–Crippen LogP) is 6.43. The van der Waals surface area contributed by atoms with Gasteiger partial charge in [-0.3, -0.25) is 9.69 Å². The Morgan fingerprint density at radius 2 is 1.89 bits per heavy atom. The molecule has 2 saturated heterocycles. The lowest BCUT2D eigenvalue weighted by Gasteiger charge is -2.70. The van der Waals surface area contributed by atoms with Crippen LogP contribution in [0.15, 0.2) is 36.4 Å². The van der Waals surface area contributed by atoms with E-state index in [2.05, 4.69) is 9.47 Å². The molecule has 0 amide bonds. The third kappa shape index (κ3) is 6.53. The fraction of sp³-hybridized carbons (Fsp3) is 0.618. The SMILES string of the molecule is CCN(COC)SC(=O)c1ccc2nc(CN3CCC(c4cccc(OCC56CC(C(F)(F)F)(C5)C6)n4)CC3)n(CC3CCO3)c2c1. The molecule has 4 heterocycles. The Morgan fingerprint density at radius 3 is 2.55 bits per heavy atom. The van der Waals surface area contributed by atoms with Gasteiger partial charge in [0.1, 0.15) is 12.6 Å².